The topological polar surface area (TPSA) is 91.8 Å². The summed E-state index contributed by atoms with van der Waals surface area (Å²) in [6.07, 6.45) is 3.04. The van der Waals surface area contributed by atoms with Gasteiger partial charge in [0.05, 0.1) is 4.91 Å². The van der Waals surface area contributed by atoms with Crippen molar-refractivity contribution in [2.24, 2.45) is 0 Å². The second-order valence-electron chi connectivity index (χ2n) is 7.22. The lowest BCUT2D eigenvalue weighted by molar-refractivity contribution is -0.115. The molecule has 8 nitrogen and oxygen atoms in total. The molecule has 0 spiro atoms. The summed E-state index contributed by atoms with van der Waals surface area (Å²) in [6.45, 7) is 7.78. The molecule has 0 aromatic carbocycles. The monoisotopic (exact) mass is 390 g/mol. The fraction of sp³-hybridized carbons (Fsp3) is 0.444. The van der Waals surface area contributed by atoms with Crippen molar-refractivity contribution >= 4 is 40.9 Å². The first kappa shape index (κ1) is 19.2. The Hall–Kier alpha value is -2.55. The number of hydrogen-bond donors (Lipinski definition) is 1. The van der Waals surface area contributed by atoms with Gasteiger partial charge in [-0.1, -0.05) is 0 Å². The number of aromatic nitrogens is 1. The van der Waals surface area contributed by atoms with Gasteiger partial charge in [-0.15, -0.1) is 0 Å². The van der Waals surface area contributed by atoms with E-state index in [1.807, 2.05) is 26.8 Å². The second-order valence-corrected chi connectivity index (χ2v) is 8.24. The van der Waals surface area contributed by atoms with E-state index >= 15 is 0 Å². The minimum atomic E-state index is -0.522. The Kier molecular flexibility index (Phi) is 5.41. The molecular formula is C18H22N4O4S. The van der Waals surface area contributed by atoms with Crippen LogP contribution in [0.3, 0.4) is 0 Å². The molecule has 3 amide bonds. The molecule has 3 rings (SSSR count). The number of carbonyl (C=O) groups is 3. The number of hydrogen-bond acceptors (Lipinski definition) is 7. The molecule has 2 aliphatic heterocycles. The van der Waals surface area contributed by atoms with Gasteiger partial charge in [0.15, 0.2) is 0 Å². The van der Waals surface area contributed by atoms with Crippen LogP contribution in [0.1, 0.15) is 26.3 Å². The molecular weight excluding hydrogens is 368 g/mol. The predicted molar refractivity (Wildman–Crippen MR) is 103 cm³/mol. The average Bonchev–Trinajstić information content (AvgIpc) is 2.91. The average molecular weight is 390 g/mol. The third-order valence-electron chi connectivity index (χ3n) is 3.98. The molecule has 1 N–H and O–H groups in total. The van der Waals surface area contributed by atoms with Crippen molar-refractivity contribution in [3.05, 3.63) is 28.8 Å². The van der Waals surface area contributed by atoms with Gasteiger partial charge in [0.1, 0.15) is 11.4 Å². The molecule has 2 fully saturated rings. The number of ether oxygens (including phenoxy) is 1. The SMILES string of the molecule is CC(C)(C)OC(=O)N1CCN(c2ncccc2/C=C2/SC(=O)NC2=O)CC1. The summed E-state index contributed by atoms with van der Waals surface area (Å²) in [5.74, 6) is 0.330. The highest BCUT2D eigenvalue weighted by Crippen LogP contribution is 2.29. The van der Waals surface area contributed by atoms with E-state index in [1.165, 1.54) is 0 Å². The number of anilines is 1. The van der Waals surface area contributed by atoms with Crippen LogP contribution in [0, 0.1) is 0 Å². The molecule has 144 valence electrons. The quantitative estimate of drug-likeness (QED) is 0.776. The third kappa shape index (κ3) is 4.79. The van der Waals surface area contributed by atoms with Crippen molar-refractivity contribution in [1.29, 1.82) is 0 Å². The Morgan fingerprint density at radius 3 is 2.56 bits per heavy atom. The molecule has 0 unspecified atom stereocenters. The van der Waals surface area contributed by atoms with Gasteiger partial charge >= 0.3 is 6.09 Å². The maximum atomic E-state index is 12.2. The Morgan fingerprint density at radius 2 is 1.96 bits per heavy atom. The molecule has 0 bridgehead atoms. The number of pyridine rings is 1. The predicted octanol–water partition coefficient (Wildman–Crippen LogP) is 2.46. The number of nitrogens with zero attached hydrogens (tertiary/aromatic N) is 3. The maximum Gasteiger partial charge on any atom is 0.410 e. The van der Waals surface area contributed by atoms with Crippen molar-refractivity contribution < 1.29 is 19.1 Å². The van der Waals surface area contributed by atoms with Gasteiger partial charge in [0.25, 0.3) is 11.1 Å². The fourth-order valence-electron chi connectivity index (χ4n) is 2.78. The zero-order valence-electron chi connectivity index (χ0n) is 15.5. The smallest absolute Gasteiger partial charge is 0.410 e. The van der Waals surface area contributed by atoms with Crippen LogP contribution in [0.5, 0.6) is 0 Å². The molecule has 0 atom stereocenters. The summed E-state index contributed by atoms with van der Waals surface area (Å²) in [4.78, 5) is 43.9. The maximum absolute atomic E-state index is 12.2. The normalized spacial score (nSPS) is 19.4. The van der Waals surface area contributed by atoms with Crippen LogP contribution >= 0.6 is 11.8 Å². The van der Waals surface area contributed by atoms with Crippen LogP contribution < -0.4 is 10.2 Å². The minimum absolute atomic E-state index is 0.317. The Balaban J connectivity index is 1.70. The first-order chi connectivity index (χ1) is 12.7. The van der Waals surface area contributed by atoms with Crippen LogP contribution in [0.4, 0.5) is 15.4 Å². The summed E-state index contributed by atoms with van der Waals surface area (Å²) in [5.41, 5.74) is 0.237. The number of thioether (sulfide) groups is 1. The molecule has 1 aromatic heterocycles. The summed E-state index contributed by atoms with van der Waals surface area (Å²) in [6, 6.07) is 3.64. The Labute approximate surface area is 161 Å². The van der Waals surface area contributed by atoms with E-state index in [-0.39, 0.29) is 11.3 Å². The summed E-state index contributed by atoms with van der Waals surface area (Å²) in [7, 11) is 0. The van der Waals surface area contributed by atoms with Gasteiger partial charge in [0, 0.05) is 37.9 Å². The van der Waals surface area contributed by atoms with Crippen LogP contribution in [0.2, 0.25) is 0 Å². The standard InChI is InChI=1S/C18H22N4O4S/c1-18(2,3)26-17(25)22-9-7-21(8-10-22)14-12(5-4-6-19-14)11-13-15(23)20-16(24)27-13/h4-6,11H,7-10H2,1-3H3,(H,20,23,24)/b13-11+. The van der Waals surface area contributed by atoms with Crippen molar-refractivity contribution in [3.8, 4) is 0 Å². The van der Waals surface area contributed by atoms with Gasteiger partial charge in [-0.3, -0.25) is 14.9 Å². The van der Waals surface area contributed by atoms with Crippen molar-refractivity contribution in [2.45, 2.75) is 26.4 Å². The summed E-state index contributed by atoms with van der Waals surface area (Å²) in [5, 5.41) is 1.88. The second kappa shape index (κ2) is 7.59. The van der Waals surface area contributed by atoms with E-state index in [0.717, 1.165) is 23.1 Å². The lowest BCUT2D eigenvalue weighted by atomic mass is 10.2. The van der Waals surface area contributed by atoms with Gasteiger partial charge in [0.2, 0.25) is 0 Å². The first-order valence-electron chi connectivity index (χ1n) is 8.66. The van der Waals surface area contributed by atoms with Crippen LogP contribution in [0.25, 0.3) is 6.08 Å². The van der Waals surface area contributed by atoms with Gasteiger partial charge < -0.3 is 14.5 Å². The molecule has 0 aliphatic carbocycles. The highest BCUT2D eigenvalue weighted by atomic mass is 32.2. The number of carbonyl (C=O) groups excluding carboxylic acids is 3. The van der Waals surface area contributed by atoms with Gasteiger partial charge in [-0.25, -0.2) is 9.78 Å². The van der Waals surface area contributed by atoms with Crippen molar-refractivity contribution in [3.63, 3.8) is 0 Å². The summed E-state index contributed by atoms with van der Waals surface area (Å²) < 4.78 is 5.42. The number of piperazine rings is 1. The van der Waals surface area contributed by atoms with E-state index in [0.29, 0.717) is 31.1 Å². The Bertz CT molecular complexity index is 795. The van der Waals surface area contributed by atoms with E-state index in [2.05, 4.69) is 15.2 Å². The number of amides is 3. The van der Waals surface area contributed by atoms with Crippen LogP contribution in [-0.2, 0) is 9.53 Å². The van der Waals surface area contributed by atoms with Crippen molar-refractivity contribution in [2.75, 3.05) is 31.1 Å². The van der Waals surface area contributed by atoms with Crippen LogP contribution in [0.15, 0.2) is 23.2 Å². The number of imide groups is 1. The van der Waals surface area contributed by atoms with Gasteiger partial charge in [-0.05, 0) is 50.7 Å². The summed E-state index contributed by atoms with van der Waals surface area (Å²) >= 11 is 0.879. The molecule has 0 saturated carbocycles. The highest BCUT2D eigenvalue weighted by Gasteiger charge is 2.28. The van der Waals surface area contributed by atoms with E-state index in [9.17, 15) is 14.4 Å². The highest BCUT2D eigenvalue weighted by molar-refractivity contribution is 8.18. The number of nitrogens with one attached hydrogen (secondary N) is 1. The zero-order chi connectivity index (χ0) is 19.6. The molecule has 1 aromatic rings. The van der Waals surface area contributed by atoms with E-state index < -0.39 is 11.5 Å². The largest absolute Gasteiger partial charge is 0.444 e. The molecule has 2 saturated heterocycles. The molecule has 3 heterocycles. The Morgan fingerprint density at radius 1 is 1.26 bits per heavy atom. The molecule has 2 aliphatic rings. The van der Waals surface area contributed by atoms with E-state index in [1.54, 1.807) is 23.2 Å². The minimum Gasteiger partial charge on any atom is -0.444 e. The van der Waals surface area contributed by atoms with Crippen LogP contribution in [-0.4, -0.2) is 58.9 Å². The van der Waals surface area contributed by atoms with E-state index in [4.69, 9.17) is 4.74 Å². The lowest BCUT2D eigenvalue weighted by Gasteiger charge is -2.36. The molecule has 9 heteroatoms. The van der Waals surface area contributed by atoms with Crippen molar-refractivity contribution in [1.82, 2.24) is 15.2 Å². The fourth-order valence-corrected chi connectivity index (χ4v) is 3.45. The van der Waals surface area contributed by atoms with Gasteiger partial charge in [-0.2, -0.15) is 0 Å². The first-order valence-corrected chi connectivity index (χ1v) is 9.47. The zero-order valence-corrected chi connectivity index (χ0v) is 16.3. The molecule has 0 radical (unpaired) electrons. The third-order valence-corrected chi connectivity index (χ3v) is 4.79. The number of rotatable bonds is 2. The molecule has 27 heavy (non-hydrogen) atoms. The lowest BCUT2D eigenvalue weighted by Crippen LogP contribution is -2.50.